The molecule has 2 rings (SSSR count). The van der Waals surface area contributed by atoms with Gasteiger partial charge in [0.1, 0.15) is 0 Å². The Morgan fingerprint density at radius 1 is 1.08 bits per heavy atom. The molecule has 70 valence electrons. The second-order valence-electron chi connectivity index (χ2n) is 5.50. The molecule has 1 atom stereocenters. The van der Waals surface area contributed by atoms with Crippen LogP contribution in [0.1, 0.15) is 46.0 Å². The topological polar surface area (TPSA) is 9.23 Å². The van der Waals surface area contributed by atoms with Gasteiger partial charge in [0, 0.05) is 6.61 Å². The predicted octanol–water partition coefficient (Wildman–Crippen LogP) is 2.99. The highest BCUT2D eigenvalue weighted by molar-refractivity contribution is 4.92. The molecule has 0 bridgehead atoms. The molecule has 1 aliphatic heterocycles. The summed E-state index contributed by atoms with van der Waals surface area (Å²) in [6.45, 7) is 6.87. The molecule has 1 heteroatoms. The van der Waals surface area contributed by atoms with E-state index in [-0.39, 0.29) is 0 Å². The Bertz CT molecular complexity index is 166. The van der Waals surface area contributed by atoms with Crippen LogP contribution in [0.5, 0.6) is 0 Å². The van der Waals surface area contributed by atoms with Crippen molar-refractivity contribution >= 4 is 0 Å². The van der Waals surface area contributed by atoms with Crippen LogP contribution in [-0.4, -0.2) is 13.2 Å². The Balaban J connectivity index is 2.07. The first-order valence-electron chi connectivity index (χ1n) is 5.20. The van der Waals surface area contributed by atoms with Crippen LogP contribution in [0.4, 0.5) is 0 Å². The van der Waals surface area contributed by atoms with Crippen LogP contribution >= 0.6 is 0 Å². The molecular weight excluding hydrogens is 148 g/mol. The molecule has 0 aromatic rings. The van der Waals surface area contributed by atoms with E-state index in [2.05, 4.69) is 13.8 Å². The lowest BCUT2D eigenvalue weighted by Gasteiger charge is -2.41. The number of hydrogen-bond acceptors (Lipinski definition) is 1. The zero-order valence-electron chi connectivity index (χ0n) is 8.36. The number of rotatable bonds is 0. The van der Waals surface area contributed by atoms with Crippen molar-refractivity contribution in [1.29, 1.82) is 0 Å². The van der Waals surface area contributed by atoms with Gasteiger partial charge in [0.2, 0.25) is 0 Å². The van der Waals surface area contributed by atoms with E-state index in [0.29, 0.717) is 10.8 Å². The summed E-state index contributed by atoms with van der Waals surface area (Å²) >= 11 is 0. The van der Waals surface area contributed by atoms with E-state index in [1.54, 1.807) is 0 Å². The van der Waals surface area contributed by atoms with Gasteiger partial charge in [0.05, 0.1) is 6.61 Å². The van der Waals surface area contributed by atoms with Crippen molar-refractivity contribution in [3.8, 4) is 0 Å². The minimum atomic E-state index is 0.575. The predicted molar refractivity (Wildman–Crippen MR) is 50.1 cm³/mol. The van der Waals surface area contributed by atoms with Crippen LogP contribution in [0.15, 0.2) is 0 Å². The smallest absolute Gasteiger partial charge is 0.0523 e. The summed E-state index contributed by atoms with van der Waals surface area (Å²) in [4.78, 5) is 0. The summed E-state index contributed by atoms with van der Waals surface area (Å²) in [5.74, 6) is 0. The molecule has 2 aliphatic rings. The Morgan fingerprint density at radius 2 is 1.92 bits per heavy atom. The fourth-order valence-corrected chi connectivity index (χ4v) is 3.12. The average molecular weight is 168 g/mol. The lowest BCUT2D eigenvalue weighted by Crippen LogP contribution is -2.33. The van der Waals surface area contributed by atoms with Gasteiger partial charge in [0.15, 0.2) is 0 Å². The van der Waals surface area contributed by atoms with Gasteiger partial charge in [-0.1, -0.05) is 20.3 Å². The van der Waals surface area contributed by atoms with Gasteiger partial charge in [-0.3, -0.25) is 0 Å². The standard InChI is InChI=1S/C11H20O/c1-10(2)4-3-5-11(8-10)6-7-12-9-11/h3-9H2,1-2H3. The highest BCUT2D eigenvalue weighted by Gasteiger charge is 2.42. The van der Waals surface area contributed by atoms with Gasteiger partial charge in [-0.25, -0.2) is 0 Å². The molecule has 2 fully saturated rings. The number of hydrogen-bond donors (Lipinski definition) is 0. The van der Waals surface area contributed by atoms with Gasteiger partial charge in [-0.2, -0.15) is 0 Å². The lowest BCUT2D eigenvalue weighted by molar-refractivity contribution is 0.0636. The van der Waals surface area contributed by atoms with Gasteiger partial charge >= 0.3 is 0 Å². The molecule has 0 aromatic carbocycles. The highest BCUT2D eigenvalue weighted by atomic mass is 16.5. The van der Waals surface area contributed by atoms with E-state index >= 15 is 0 Å². The van der Waals surface area contributed by atoms with Crippen LogP contribution in [0.2, 0.25) is 0 Å². The molecule has 1 unspecified atom stereocenters. The Morgan fingerprint density at radius 3 is 2.50 bits per heavy atom. The summed E-state index contributed by atoms with van der Waals surface area (Å²) in [7, 11) is 0. The second-order valence-corrected chi connectivity index (χ2v) is 5.50. The van der Waals surface area contributed by atoms with E-state index in [1.807, 2.05) is 0 Å². The van der Waals surface area contributed by atoms with Gasteiger partial charge in [-0.15, -0.1) is 0 Å². The number of ether oxygens (including phenoxy) is 1. The zero-order valence-corrected chi connectivity index (χ0v) is 8.36. The van der Waals surface area contributed by atoms with Crippen molar-refractivity contribution in [3.63, 3.8) is 0 Å². The van der Waals surface area contributed by atoms with Crippen LogP contribution in [0, 0.1) is 10.8 Å². The molecule has 12 heavy (non-hydrogen) atoms. The molecule has 1 nitrogen and oxygen atoms in total. The minimum Gasteiger partial charge on any atom is -0.381 e. The quantitative estimate of drug-likeness (QED) is 0.540. The van der Waals surface area contributed by atoms with Crippen LogP contribution in [0.25, 0.3) is 0 Å². The van der Waals surface area contributed by atoms with E-state index in [9.17, 15) is 0 Å². The second kappa shape index (κ2) is 2.73. The van der Waals surface area contributed by atoms with E-state index < -0.39 is 0 Å². The fraction of sp³-hybridized carbons (Fsp3) is 1.00. The average Bonchev–Trinajstić information content (AvgIpc) is 2.34. The molecule has 0 amide bonds. The first kappa shape index (κ1) is 8.55. The molecular formula is C11H20O. The largest absolute Gasteiger partial charge is 0.381 e. The fourth-order valence-electron chi connectivity index (χ4n) is 3.12. The zero-order chi connectivity index (χ0) is 8.66. The van der Waals surface area contributed by atoms with Crippen LogP contribution < -0.4 is 0 Å². The Kier molecular flexibility index (Phi) is 1.95. The van der Waals surface area contributed by atoms with Crippen molar-refractivity contribution in [1.82, 2.24) is 0 Å². The monoisotopic (exact) mass is 168 g/mol. The third-order valence-electron chi connectivity index (χ3n) is 3.60. The third kappa shape index (κ3) is 1.52. The van der Waals surface area contributed by atoms with Crippen LogP contribution in [0.3, 0.4) is 0 Å². The van der Waals surface area contributed by atoms with Crippen LogP contribution in [-0.2, 0) is 4.74 Å². The normalized spacial score (nSPS) is 40.5. The maximum Gasteiger partial charge on any atom is 0.0523 e. The summed E-state index contributed by atoms with van der Waals surface area (Å²) < 4.78 is 5.53. The third-order valence-corrected chi connectivity index (χ3v) is 3.60. The van der Waals surface area contributed by atoms with E-state index in [4.69, 9.17) is 4.74 Å². The maximum absolute atomic E-state index is 5.53. The first-order chi connectivity index (χ1) is 5.62. The van der Waals surface area contributed by atoms with Crippen molar-refractivity contribution < 1.29 is 4.74 Å². The molecule has 1 spiro atoms. The molecule has 1 aliphatic carbocycles. The first-order valence-corrected chi connectivity index (χ1v) is 5.20. The van der Waals surface area contributed by atoms with Crippen molar-refractivity contribution in [2.75, 3.05) is 13.2 Å². The van der Waals surface area contributed by atoms with Crippen molar-refractivity contribution in [2.24, 2.45) is 10.8 Å². The maximum atomic E-state index is 5.53. The van der Waals surface area contributed by atoms with Crippen molar-refractivity contribution in [2.45, 2.75) is 46.0 Å². The summed E-state index contributed by atoms with van der Waals surface area (Å²) in [6, 6.07) is 0. The van der Waals surface area contributed by atoms with Gasteiger partial charge < -0.3 is 4.74 Å². The molecule has 0 aromatic heterocycles. The molecule has 1 saturated carbocycles. The molecule has 1 heterocycles. The minimum absolute atomic E-state index is 0.575. The van der Waals surface area contributed by atoms with Crippen molar-refractivity contribution in [3.05, 3.63) is 0 Å². The van der Waals surface area contributed by atoms with Gasteiger partial charge in [0.25, 0.3) is 0 Å². The lowest BCUT2D eigenvalue weighted by atomic mass is 9.63. The summed E-state index contributed by atoms with van der Waals surface area (Å²) in [6.07, 6.45) is 6.94. The summed E-state index contributed by atoms with van der Waals surface area (Å²) in [5, 5.41) is 0. The Hall–Kier alpha value is -0.0400. The summed E-state index contributed by atoms with van der Waals surface area (Å²) in [5.41, 5.74) is 1.16. The molecule has 1 saturated heterocycles. The molecule has 0 N–H and O–H groups in total. The highest BCUT2D eigenvalue weighted by Crippen LogP contribution is 2.50. The van der Waals surface area contributed by atoms with E-state index in [1.165, 1.54) is 32.1 Å². The van der Waals surface area contributed by atoms with E-state index in [0.717, 1.165) is 13.2 Å². The SMILES string of the molecule is CC1(C)CCCC2(CCOC2)C1. The van der Waals surface area contributed by atoms with Gasteiger partial charge in [-0.05, 0) is 36.5 Å². The molecule has 0 radical (unpaired) electrons. The Labute approximate surface area is 75.5 Å².